The second kappa shape index (κ2) is 4.54. The SMILES string of the molecule is NCC1CCC(c2nc(C3CC4CCC3O4)no2)O1. The van der Waals surface area contributed by atoms with Crippen LogP contribution in [0, 0.1) is 0 Å². The molecule has 6 nitrogen and oxygen atoms in total. The fourth-order valence-corrected chi connectivity index (χ4v) is 3.50. The highest BCUT2D eigenvalue weighted by Crippen LogP contribution is 2.44. The number of fused-ring (bicyclic) bond motifs is 2. The van der Waals surface area contributed by atoms with Crippen LogP contribution in [0.2, 0.25) is 0 Å². The van der Waals surface area contributed by atoms with Crippen LogP contribution in [0.15, 0.2) is 4.52 Å². The van der Waals surface area contributed by atoms with Crippen LogP contribution >= 0.6 is 0 Å². The van der Waals surface area contributed by atoms with Gasteiger partial charge in [-0.3, -0.25) is 0 Å². The Bertz CT molecular complexity index is 464. The molecule has 0 aliphatic carbocycles. The molecule has 2 N–H and O–H groups in total. The monoisotopic (exact) mass is 265 g/mol. The highest BCUT2D eigenvalue weighted by molar-refractivity contribution is 5.07. The minimum absolute atomic E-state index is 0.0747. The average molecular weight is 265 g/mol. The summed E-state index contributed by atoms with van der Waals surface area (Å²) in [6.45, 7) is 0.553. The van der Waals surface area contributed by atoms with Gasteiger partial charge in [-0.2, -0.15) is 4.98 Å². The summed E-state index contributed by atoms with van der Waals surface area (Å²) in [7, 11) is 0. The molecule has 0 amide bonds. The molecule has 3 aliphatic rings. The first-order chi connectivity index (χ1) is 9.33. The Morgan fingerprint density at radius 1 is 1.16 bits per heavy atom. The minimum Gasteiger partial charge on any atom is -0.374 e. The standard InChI is InChI=1S/C13H19N3O3/c14-6-8-2-4-11(18-8)13-15-12(16-19-13)9-5-7-1-3-10(9)17-7/h7-11H,1-6,14H2. The van der Waals surface area contributed by atoms with Crippen LogP contribution in [0.1, 0.15) is 55.8 Å². The van der Waals surface area contributed by atoms with Crippen LogP contribution in [0.4, 0.5) is 0 Å². The predicted octanol–water partition coefficient (Wildman–Crippen LogP) is 1.28. The van der Waals surface area contributed by atoms with Gasteiger partial charge in [0.25, 0.3) is 5.89 Å². The van der Waals surface area contributed by atoms with E-state index in [0.717, 1.165) is 31.5 Å². The average Bonchev–Trinajstić information content (AvgIpc) is 3.19. The van der Waals surface area contributed by atoms with Gasteiger partial charge in [-0.15, -0.1) is 0 Å². The van der Waals surface area contributed by atoms with Gasteiger partial charge in [0.2, 0.25) is 0 Å². The molecule has 19 heavy (non-hydrogen) atoms. The third-order valence-electron chi connectivity index (χ3n) is 4.54. The molecular weight excluding hydrogens is 246 g/mol. The van der Waals surface area contributed by atoms with E-state index in [-0.39, 0.29) is 18.3 Å². The molecule has 0 radical (unpaired) electrons. The maximum absolute atomic E-state index is 5.84. The molecule has 3 saturated heterocycles. The zero-order valence-electron chi connectivity index (χ0n) is 10.8. The topological polar surface area (TPSA) is 83.4 Å². The van der Waals surface area contributed by atoms with Crippen molar-refractivity contribution in [3.63, 3.8) is 0 Å². The number of hydrogen-bond donors (Lipinski definition) is 1. The van der Waals surface area contributed by atoms with Gasteiger partial charge in [0.1, 0.15) is 6.10 Å². The summed E-state index contributed by atoms with van der Waals surface area (Å²) >= 11 is 0. The Balaban J connectivity index is 1.48. The fourth-order valence-electron chi connectivity index (χ4n) is 3.50. The van der Waals surface area contributed by atoms with E-state index < -0.39 is 0 Å². The summed E-state index contributed by atoms with van der Waals surface area (Å²) in [4.78, 5) is 4.54. The second-order valence-corrected chi connectivity index (χ2v) is 5.77. The molecule has 3 aliphatic heterocycles. The number of nitrogens with zero attached hydrogens (tertiary/aromatic N) is 2. The fraction of sp³-hybridized carbons (Fsp3) is 0.846. The third kappa shape index (κ3) is 1.98. The van der Waals surface area contributed by atoms with Crippen molar-refractivity contribution in [2.75, 3.05) is 6.54 Å². The lowest BCUT2D eigenvalue weighted by atomic mass is 9.89. The van der Waals surface area contributed by atoms with Gasteiger partial charge >= 0.3 is 0 Å². The zero-order chi connectivity index (χ0) is 12.8. The molecule has 5 unspecified atom stereocenters. The first-order valence-electron chi connectivity index (χ1n) is 7.18. The summed E-state index contributed by atoms with van der Waals surface area (Å²) < 4.78 is 17.0. The Hall–Kier alpha value is -0.980. The largest absolute Gasteiger partial charge is 0.374 e. The maximum Gasteiger partial charge on any atom is 0.255 e. The summed E-state index contributed by atoms with van der Waals surface area (Å²) in [6.07, 6.45) is 5.95. The molecule has 1 aromatic rings. The van der Waals surface area contributed by atoms with Crippen molar-refractivity contribution in [1.29, 1.82) is 0 Å². The Morgan fingerprint density at radius 3 is 2.79 bits per heavy atom. The molecule has 5 atom stereocenters. The number of rotatable bonds is 3. The molecule has 1 aromatic heterocycles. The zero-order valence-corrected chi connectivity index (χ0v) is 10.8. The molecule has 0 spiro atoms. The lowest BCUT2D eigenvalue weighted by Crippen LogP contribution is -2.19. The summed E-state index contributed by atoms with van der Waals surface area (Å²) in [5.74, 6) is 1.71. The smallest absolute Gasteiger partial charge is 0.255 e. The summed E-state index contributed by atoms with van der Waals surface area (Å²) in [6, 6.07) is 0. The van der Waals surface area contributed by atoms with E-state index in [1.165, 1.54) is 6.42 Å². The van der Waals surface area contributed by atoms with Gasteiger partial charge in [-0.05, 0) is 32.1 Å². The quantitative estimate of drug-likeness (QED) is 0.886. The first kappa shape index (κ1) is 11.8. The molecule has 104 valence electrons. The molecular formula is C13H19N3O3. The van der Waals surface area contributed by atoms with Crippen LogP contribution in [0.3, 0.4) is 0 Å². The van der Waals surface area contributed by atoms with E-state index in [2.05, 4.69) is 10.1 Å². The number of aromatic nitrogens is 2. The van der Waals surface area contributed by atoms with E-state index in [1.807, 2.05) is 0 Å². The first-order valence-corrected chi connectivity index (χ1v) is 7.18. The van der Waals surface area contributed by atoms with Crippen LogP contribution in [-0.4, -0.2) is 35.0 Å². The molecule has 6 heteroatoms. The molecule has 0 aromatic carbocycles. The summed E-state index contributed by atoms with van der Waals surface area (Å²) in [5, 5.41) is 4.14. The Kier molecular flexibility index (Phi) is 2.82. The highest BCUT2D eigenvalue weighted by atomic mass is 16.5. The van der Waals surface area contributed by atoms with Gasteiger partial charge in [-0.25, -0.2) is 0 Å². The van der Waals surface area contributed by atoms with Crippen molar-refractivity contribution in [1.82, 2.24) is 10.1 Å². The molecule has 2 bridgehead atoms. The molecule has 4 rings (SSSR count). The van der Waals surface area contributed by atoms with Crippen LogP contribution in [-0.2, 0) is 9.47 Å². The van der Waals surface area contributed by atoms with Gasteiger partial charge in [0.15, 0.2) is 5.82 Å². The Labute approximate surface area is 111 Å². The van der Waals surface area contributed by atoms with Crippen molar-refractivity contribution >= 4 is 0 Å². The second-order valence-electron chi connectivity index (χ2n) is 5.77. The van der Waals surface area contributed by atoms with Crippen molar-refractivity contribution < 1.29 is 14.0 Å². The molecule has 0 saturated carbocycles. The van der Waals surface area contributed by atoms with E-state index in [9.17, 15) is 0 Å². The van der Waals surface area contributed by atoms with Crippen LogP contribution < -0.4 is 5.73 Å². The predicted molar refractivity (Wildman–Crippen MR) is 65.5 cm³/mol. The van der Waals surface area contributed by atoms with E-state index in [1.54, 1.807) is 0 Å². The van der Waals surface area contributed by atoms with Gasteiger partial charge in [0.05, 0.1) is 24.2 Å². The summed E-state index contributed by atoms with van der Waals surface area (Å²) in [5.41, 5.74) is 5.61. The molecule has 4 heterocycles. The van der Waals surface area contributed by atoms with Gasteiger partial charge in [-0.1, -0.05) is 5.16 Å². The van der Waals surface area contributed by atoms with E-state index >= 15 is 0 Å². The van der Waals surface area contributed by atoms with Gasteiger partial charge < -0.3 is 19.7 Å². The van der Waals surface area contributed by atoms with Crippen molar-refractivity contribution in [2.24, 2.45) is 5.73 Å². The van der Waals surface area contributed by atoms with E-state index in [4.69, 9.17) is 19.7 Å². The van der Waals surface area contributed by atoms with Crippen molar-refractivity contribution in [3.8, 4) is 0 Å². The van der Waals surface area contributed by atoms with Crippen molar-refractivity contribution in [3.05, 3.63) is 11.7 Å². The lowest BCUT2D eigenvalue weighted by Gasteiger charge is -2.13. The Morgan fingerprint density at radius 2 is 2.11 bits per heavy atom. The minimum atomic E-state index is -0.0747. The highest BCUT2D eigenvalue weighted by Gasteiger charge is 2.44. The lowest BCUT2D eigenvalue weighted by molar-refractivity contribution is 0.0307. The normalized spacial score (nSPS) is 41.2. The van der Waals surface area contributed by atoms with Gasteiger partial charge in [0, 0.05) is 6.54 Å². The number of nitrogens with two attached hydrogens (primary N) is 1. The van der Waals surface area contributed by atoms with Crippen molar-refractivity contribution in [2.45, 2.75) is 62.4 Å². The van der Waals surface area contributed by atoms with Crippen LogP contribution in [0.25, 0.3) is 0 Å². The maximum atomic E-state index is 5.84. The number of hydrogen-bond acceptors (Lipinski definition) is 6. The number of ether oxygens (including phenoxy) is 2. The van der Waals surface area contributed by atoms with E-state index in [0.29, 0.717) is 24.5 Å². The molecule has 3 fully saturated rings. The third-order valence-corrected chi connectivity index (χ3v) is 4.54. The van der Waals surface area contributed by atoms with Crippen LogP contribution in [0.5, 0.6) is 0 Å².